The first-order valence-electron chi connectivity index (χ1n) is 7.05. The highest BCUT2D eigenvalue weighted by Crippen LogP contribution is 2.22. The van der Waals surface area contributed by atoms with Crippen LogP contribution in [0.25, 0.3) is 0 Å². The third kappa shape index (κ3) is 3.71. The zero-order valence-electron chi connectivity index (χ0n) is 13.2. The number of carbonyl (C=O) groups excluding carboxylic acids is 1. The summed E-state index contributed by atoms with van der Waals surface area (Å²) in [7, 11) is 0. The van der Waals surface area contributed by atoms with Gasteiger partial charge in [0.05, 0.1) is 5.69 Å². The van der Waals surface area contributed by atoms with Crippen LogP contribution < -0.4 is 5.32 Å². The number of nitrogens with zero attached hydrogens (tertiary/aromatic N) is 2. The van der Waals surface area contributed by atoms with Gasteiger partial charge in [-0.15, -0.1) is 0 Å². The number of nitrogens with one attached hydrogen (secondary N) is 2. The van der Waals surface area contributed by atoms with Crippen LogP contribution in [0.1, 0.15) is 49.9 Å². The van der Waals surface area contributed by atoms with E-state index in [1.54, 1.807) is 0 Å². The van der Waals surface area contributed by atoms with Gasteiger partial charge in [0.1, 0.15) is 5.76 Å². The highest BCUT2D eigenvalue weighted by atomic mass is 16.5. The molecule has 0 unspecified atom stereocenters. The topological polar surface area (TPSA) is 83.8 Å². The fourth-order valence-electron chi connectivity index (χ4n) is 2.07. The number of aromatic amines is 1. The first-order chi connectivity index (χ1) is 9.77. The number of anilines is 1. The summed E-state index contributed by atoms with van der Waals surface area (Å²) in [5, 5.41) is 13.8. The van der Waals surface area contributed by atoms with Crippen LogP contribution in [0.15, 0.2) is 10.6 Å². The highest BCUT2D eigenvalue weighted by molar-refractivity contribution is 5.89. The molecule has 0 bridgehead atoms. The van der Waals surface area contributed by atoms with E-state index >= 15 is 0 Å². The molecule has 1 amide bonds. The van der Waals surface area contributed by atoms with E-state index in [-0.39, 0.29) is 11.3 Å². The van der Waals surface area contributed by atoms with E-state index in [1.165, 1.54) is 0 Å². The zero-order valence-corrected chi connectivity index (χ0v) is 13.2. The standard InChI is InChI=1S/C15H22N4O2/c1-9-11(10(2)21-19-9)6-7-14(20)16-13-8-12(17-18-13)15(3,4)5/h8H,6-7H2,1-5H3,(H2,16,17,18,20). The van der Waals surface area contributed by atoms with Gasteiger partial charge < -0.3 is 9.84 Å². The second-order valence-electron chi connectivity index (χ2n) is 6.27. The Balaban J connectivity index is 1.92. The molecule has 0 aliphatic rings. The van der Waals surface area contributed by atoms with Crippen molar-refractivity contribution in [3.05, 3.63) is 28.8 Å². The molecule has 0 aliphatic heterocycles. The third-order valence-electron chi connectivity index (χ3n) is 3.44. The van der Waals surface area contributed by atoms with Crippen LogP contribution >= 0.6 is 0 Å². The van der Waals surface area contributed by atoms with E-state index < -0.39 is 0 Å². The van der Waals surface area contributed by atoms with Crippen molar-refractivity contribution < 1.29 is 9.32 Å². The Morgan fingerprint density at radius 1 is 1.38 bits per heavy atom. The summed E-state index contributed by atoms with van der Waals surface area (Å²) < 4.78 is 5.09. The summed E-state index contributed by atoms with van der Waals surface area (Å²) >= 11 is 0. The lowest BCUT2D eigenvalue weighted by Gasteiger charge is -2.14. The van der Waals surface area contributed by atoms with E-state index in [4.69, 9.17) is 4.52 Å². The Bertz CT molecular complexity index is 615. The molecule has 2 aromatic heterocycles. The molecule has 6 heteroatoms. The summed E-state index contributed by atoms with van der Waals surface area (Å²) in [4.78, 5) is 12.0. The van der Waals surface area contributed by atoms with Crippen molar-refractivity contribution >= 4 is 11.7 Å². The van der Waals surface area contributed by atoms with Crippen LogP contribution in [0.5, 0.6) is 0 Å². The molecule has 0 saturated carbocycles. The maximum atomic E-state index is 12.0. The number of amides is 1. The van der Waals surface area contributed by atoms with Gasteiger partial charge in [-0.3, -0.25) is 9.89 Å². The SMILES string of the molecule is Cc1noc(C)c1CCC(=O)Nc1cc(C(C)(C)C)[nH]n1. The number of carbonyl (C=O) groups is 1. The summed E-state index contributed by atoms with van der Waals surface area (Å²) in [6.07, 6.45) is 0.990. The molecule has 2 N–H and O–H groups in total. The Kier molecular flexibility index (Phi) is 4.16. The first kappa shape index (κ1) is 15.3. The molecule has 114 valence electrons. The van der Waals surface area contributed by atoms with Gasteiger partial charge in [0.2, 0.25) is 5.91 Å². The molecule has 0 radical (unpaired) electrons. The van der Waals surface area contributed by atoms with Crippen molar-refractivity contribution in [2.24, 2.45) is 0 Å². The maximum Gasteiger partial charge on any atom is 0.225 e. The summed E-state index contributed by atoms with van der Waals surface area (Å²) in [5.41, 5.74) is 2.81. The zero-order chi connectivity index (χ0) is 15.6. The maximum absolute atomic E-state index is 12.0. The number of H-pyrrole nitrogens is 1. The largest absolute Gasteiger partial charge is 0.361 e. The molecule has 0 saturated heterocycles. The molecule has 0 fully saturated rings. The molecule has 0 aromatic carbocycles. The number of hydrogen-bond acceptors (Lipinski definition) is 4. The Labute approximate surface area is 124 Å². The van der Waals surface area contributed by atoms with Crippen molar-refractivity contribution in [3.8, 4) is 0 Å². The monoisotopic (exact) mass is 290 g/mol. The van der Waals surface area contributed by atoms with E-state index in [9.17, 15) is 4.79 Å². The summed E-state index contributed by atoms with van der Waals surface area (Å²) in [5.74, 6) is 1.26. The van der Waals surface area contributed by atoms with Crippen molar-refractivity contribution in [3.63, 3.8) is 0 Å². The lowest BCUT2D eigenvalue weighted by atomic mass is 9.92. The molecule has 2 heterocycles. The summed E-state index contributed by atoms with van der Waals surface area (Å²) in [6, 6.07) is 1.87. The number of aromatic nitrogens is 3. The quantitative estimate of drug-likeness (QED) is 0.906. The minimum Gasteiger partial charge on any atom is -0.361 e. The highest BCUT2D eigenvalue weighted by Gasteiger charge is 2.17. The average molecular weight is 290 g/mol. The summed E-state index contributed by atoms with van der Waals surface area (Å²) in [6.45, 7) is 10.0. The van der Waals surface area contributed by atoms with E-state index in [0.717, 1.165) is 22.7 Å². The van der Waals surface area contributed by atoms with Gasteiger partial charge in [0.25, 0.3) is 0 Å². The van der Waals surface area contributed by atoms with Crippen LogP contribution in [0.4, 0.5) is 5.82 Å². The first-order valence-corrected chi connectivity index (χ1v) is 7.05. The Morgan fingerprint density at radius 3 is 2.62 bits per heavy atom. The lowest BCUT2D eigenvalue weighted by molar-refractivity contribution is -0.116. The van der Waals surface area contributed by atoms with Gasteiger partial charge >= 0.3 is 0 Å². The minimum atomic E-state index is -0.0676. The van der Waals surface area contributed by atoms with Crippen LogP contribution in [0, 0.1) is 13.8 Å². The van der Waals surface area contributed by atoms with Crippen molar-refractivity contribution in [1.82, 2.24) is 15.4 Å². The van der Waals surface area contributed by atoms with E-state index in [1.807, 2.05) is 19.9 Å². The van der Waals surface area contributed by atoms with Crippen LogP contribution in [0.3, 0.4) is 0 Å². The van der Waals surface area contributed by atoms with Gasteiger partial charge in [0, 0.05) is 29.2 Å². The van der Waals surface area contributed by atoms with Crippen molar-refractivity contribution in [2.45, 2.75) is 52.9 Å². The van der Waals surface area contributed by atoms with Crippen molar-refractivity contribution in [2.75, 3.05) is 5.32 Å². The van der Waals surface area contributed by atoms with E-state index in [2.05, 4.69) is 41.4 Å². The molecule has 0 atom stereocenters. The second-order valence-corrected chi connectivity index (χ2v) is 6.27. The van der Waals surface area contributed by atoms with Gasteiger partial charge in [-0.25, -0.2) is 0 Å². The second kappa shape index (κ2) is 5.71. The normalized spacial score (nSPS) is 11.7. The smallest absolute Gasteiger partial charge is 0.225 e. The van der Waals surface area contributed by atoms with Crippen molar-refractivity contribution in [1.29, 1.82) is 0 Å². The molecular formula is C15H22N4O2. The molecule has 6 nitrogen and oxygen atoms in total. The fraction of sp³-hybridized carbons (Fsp3) is 0.533. The predicted octanol–water partition coefficient (Wildman–Crippen LogP) is 2.88. The molecule has 2 aromatic rings. The minimum absolute atomic E-state index is 0.0212. The fourth-order valence-corrected chi connectivity index (χ4v) is 2.07. The number of rotatable bonds is 4. The van der Waals surface area contributed by atoms with Gasteiger partial charge in [-0.1, -0.05) is 25.9 Å². The van der Waals surface area contributed by atoms with E-state index in [0.29, 0.717) is 18.7 Å². The van der Waals surface area contributed by atoms with Gasteiger partial charge in [-0.05, 0) is 20.3 Å². The van der Waals surface area contributed by atoms with Crippen LogP contribution in [-0.4, -0.2) is 21.3 Å². The molecular weight excluding hydrogens is 268 g/mol. The van der Waals surface area contributed by atoms with Gasteiger partial charge in [0.15, 0.2) is 5.82 Å². The third-order valence-corrected chi connectivity index (χ3v) is 3.44. The molecule has 0 aliphatic carbocycles. The molecule has 0 spiro atoms. The predicted molar refractivity (Wildman–Crippen MR) is 80.2 cm³/mol. The Hall–Kier alpha value is -2.11. The van der Waals surface area contributed by atoms with Crippen LogP contribution in [0.2, 0.25) is 0 Å². The Morgan fingerprint density at radius 2 is 2.10 bits per heavy atom. The molecule has 2 rings (SSSR count). The number of hydrogen-bond donors (Lipinski definition) is 2. The molecule has 21 heavy (non-hydrogen) atoms. The van der Waals surface area contributed by atoms with Gasteiger partial charge in [-0.2, -0.15) is 5.10 Å². The number of aryl methyl sites for hydroxylation is 2. The lowest BCUT2D eigenvalue weighted by Crippen LogP contribution is -2.13. The van der Waals surface area contributed by atoms with Crippen LogP contribution in [-0.2, 0) is 16.6 Å². The average Bonchev–Trinajstić information content (AvgIpc) is 2.95.